The van der Waals surface area contributed by atoms with Crippen molar-refractivity contribution in [3.8, 4) is 11.8 Å². The lowest BCUT2D eigenvalue weighted by atomic mass is 9.78. The van der Waals surface area contributed by atoms with E-state index in [2.05, 4.69) is 26.3 Å². The molecule has 0 aromatic carbocycles. The summed E-state index contributed by atoms with van der Waals surface area (Å²) in [5.41, 5.74) is 8.06. The van der Waals surface area contributed by atoms with Crippen LogP contribution in [0.15, 0.2) is 29.2 Å². The van der Waals surface area contributed by atoms with Gasteiger partial charge in [-0.15, -0.1) is 0 Å². The fraction of sp³-hybridized carbons (Fsp3) is 0.444. The van der Waals surface area contributed by atoms with E-state index in [1.54, 1.807) is 12.5 Å². The molecule has 4 rings (SSSR count). The molecule has 1 aliphatic carbocycles. The van der Waals surface area contributed by atoms with E-state index in [0.29, 0.717) is 12.0 Å². The average Bonchev–Trinajstić information content (AvgIpc) is 3.36. The Morgan fingerprint density at radius 3 is 3.07 bits per heavy atom. The Kier molecular flexibility index (Phi) is 4.75. The molecular formula is C18H20N6O3. The van der Waals surface area contributed by atoms with Crippen LogP contribution >= 0.6 is 0 Å². The number of nitriles is 1. The van der Waals surface area contributed by atoms with Crippen molar-refractivity contribution < 1.29 is 14.1 Å². The third-order valence-corrected chi connectivity index (χ3v) is 5.34. The number of hydrazine groups is 1. The third kappa shape index (κ3) is 3.25. The first kappa shape index (κ1) is 17.5. The van der Waals surface area contributed by atoms with Crippen LogP contribution in [0, 0.1) is 17.2 Å². The number of hydrogen-bond donors (Lipinski definition) is 3. The quantitative estimate of drug-likeness (QED) is 0.732. The van der Waals surface area contributed by atoms with Crippen LogP contribution in [0.1, 0.15) is 46.9 Å². The van der Waals surface area contributed by atoms with Crippen LogP contribution in [-0.4, -0.2) is 35.2 Å². The molecule has 2 fully saturated rings. The number of hydrogen-bond acceptors (Lipinski definition) is 8. The second-order valence-corrected chi connectivity index (χ2v) is 6.83. The number of nitrogens with one attached hydrogen (secondary N) is 3. The molecule has 1 amide bonds. The molecule has 0 radical (unpaired) electrons. The van der Waals surface area contributed by atoms with Gasteiger partial charge >= 0.3 is 0 Å². The molecule has 1 aliphatic heterocycles. The Morgan fingerprint density at radius 2 is 2.33 bits per heavy atom. The predicted molar refractivity (Wildman–Crippen MR) is 93.4 cm³/mol. The van der Waals surface area contributed by atoms with Crippen LogP contribution in [0.4, 0.5) is 0 Å². The Bertz CT molecular complexity index is 862. The van der Waals surface area contributed by atoms with Crippen molar-refractivity contribution in [1.82, 2.24) is 26.3 Å². The minimum Gasteiger partial charge on any atom is -0.493 e. The number of fused-ring (bicyclic) bond motifs is 1. The zero-order valence-electron chi connectivity index (χ0n) is 14.8. The van der Waals surface area contributed by atoms with Crippen LogP contribution in [-0.2, 0) is 0 Å². The molecule has 2 aromatic rings. The summed E-state index contributed by atoms with van der Waals surface area (Å²) in [7, 11) is 1.43. The summed E-state index contributed by atoms with van der Waals surface area (Å²) in [6.07, 6.45) is 7.41. The van der Waals surface area contributed by atoms with Crippen molar-refractivity contribution in [3.05, 3.63) is 41.5 Å². The van der Waals surface area contributed by atoms with Crippen molar-refractivity contribution in [2.75, 3.05) is 7.11 Å². The maximum Gasteiger partial charge on any atom is 0.274 e. The standard InChI is InChI=1S/C18H20N6O3/c1-26-17-10(7-19)4-5-20-16(17)18(25)22-12-2-3-14-13(6-12)15(24-23-14)11-8-21-27-9-11/h4-5,8-9,12-15,23-24H,2-3,6H2,1H3,(H,22,25). The van der Waals surface area contributed by atoms with Gasteiger partial charge in [-0.2, -0.15) is 5.26 Å². The van der Waals surface area contributed by atoms with Gasteiger partial charge < -0.3 is 14.6 Å². The maximum atomic E-state index is 12.7. The van der Waals surface area contributed by atoms with Gasteiger partial charge in [0.1, 0.15) is 12.3 Å². The highest BCUT2D eigenvalue weighted by atomic mass is 16.5. The number of amides is 1. The van der Waals surface area contributed by atoms with Crippen molar-refractivity contribution >= 4 is 5.91 Å². The molecule has 4 unspecified atom stereocenters. The number of nitrogens with zero attached hydrogens (tertiary/aromatic N) is 3. The fourth-order valence-electron chi connectivity index (χ4n) is 4.04. The van der Waals surface area contributed by atoms with Gasteiger partial charge in [-0.1, -0.05) is 5.16 Å². The predicted octanol–water partition coefficient (Wildman–Crippen LogP) is 1.07. The van der Waals surface area contributed by atoms with Crippen LogP contribution in [0.2, 0.25) is 0 Å². The molecule has 4 atom stereocenters. The minimum absolute atomic E-state index is 0.0139. The molecule has 140 valence electrons. The summed E-state index contributed by atoms with van der Waals surface area (Å²) in [6.45, 7) is 0. The van der Waals surface area contributed by atoms with E-state index in [1.165, 1.54) is 19.4 Å². The molecule has 9 nitrogen and oxygen atoms in total. The van der Waals surface area contributed by atoms with Gasteiger partial charge in [-0.05, 0) is 31.2 Å². The molecule has 27 heavy (non-hydrogen) atoms. The second kappa shape index (κ2) is 7.34. The number of ether oxygens (including phenoxy) is 1. The van der Waals surface area contributed by atoms with E-state index >= 15 is 0 Å². The van der Waals surface area contributed by atoms with Gasteiger partial charge in [0, 0.05) is 23.8 Å². The molecular weight excluding hydrogens is 348 g/mol. The van der Waals surface area contributed by atoms with Crippen LogP contribution in [0.3, 0.4) is 0 Å². The number of carbonyl (C=O) groups excluding carboxylic acids is 1. The topological polar surface area (TPSA) is 125 Å². The smallest absolute Gasteiger partial charge is 0.274 e. The van der Waals surface area contributed by atoms with E-state index in [-0.39, 0.29) is 35.0 Å². The van der Waals surface area contributed by atoms with Gasteiger partial charge in [-0.3, -0.25) is 10.2 Å². The highest BCUT2D eigenvalue weighted by Gasteiger charge is 2.42. The Balaban J connectivity index is 1.48. The van der Waals surface area contributed by atoms with E-state index in [1.807, 2.05) is 6.07 Å². The second-order valence-electron chi connectivity index (χ2n) is 6.83. The van der Waals surface area contributed by atoms with Crippen LogP contribution in [0.5, 0.6) is 5.75 Å². The Hall–Kier alpha value is -2.96. The fourth-order valence-corrected chi connectivity index (χ4v) is 4.04. The van der Waals surface area contributed by atoms with Gasteiger partial charge in [0.2, 0.25) is 0 Å². The molecule has 3 N–H and O–H groups in total. The minimum atomic E-state index is -0.326. The van der Waals surface area contributed by atoms with Crippen LogP contribution in [0.25, 0.3) is 0 Å². The summed E-state index contributed by atoms with van der Waals surface area (Å²) in [6, 6.07) is 4.00. The molecule has 3 heterocycles. The lowest BCUT2D eigenvalue weighted by Crippen LogP contribution is -2.44. The van der Waals surface area contributed by atoms with Gasteiger partial charge in [0.25, 0.3) is 5.91 Å². The zero-order valence-corrected chi connectivity index (χ0v) is 14.8. The summed E-state index contributed by atoms with van der Waals surface area (Å²) < 4.78 is 10.2. The highest BCUT2D eigenvalue weighted by Crippen LogP contribution is 2.38. The van der Waals surface area contributed by atoms with Crippen LogP contribution < -0.4 is 20.9 Å². The number of aromatic nitrogens is 2. The number of carbonyl (C=O) groups is 1. The SMILES string of the molecule is COc1c(C#N)ccnc1C(=O)NC1CCC2NNC(c3cnoc3)C2C1. The Labute approximate surface area is 156 Å². The first-order chi connectivity index (χ1) is 13.2. The molecule has 1 saturated carbocycles. The summed E-state index contributed by atoms with van der Waals surface area (Å²) in [5, 5.41) is 16.0. The van der Waals surface area contributed by atoms with Gasteiger partial charge in [0.15, 0.2) is 11.4 Å². The van der Waals surface area contributed by atoms with Crippen molar-refractivity contribution in [2.24, 2.45) is 5.92 Å². The Morgan fingerprint density at radius 1 is 1.44 bits per heavy atom. The molecule has 1 saturated heterocycles. The monoisotopic (exact) mass is 368 g/mol. The number of rotatable bonds is 4. The maximum absolute atomic E-state index is 12.7. The van der Waals surface area contributed by atoms with Gasteiger partial charge in [0.05, 0.1) is 24.9 Å². The van der Waals surface area contributed by atoms with Crippen molar-refractivity contribution in [2.45, 2.75) is 37.4 Å². The van der Waals surface area contributed by atoms with E-state index in [4.69, 9.17) is 9.26 Å². The first-order valence-electron chi connectivity index (χ1n) is 8.85. The molecule has 0 spiro atoms. The lowest BCUT2D eigenvalue weighted by Gasteiger charge is -2.33. The molecule has 2 aromatic heterocycles. The van der Waals surface area contributed by atoms with E-state index < -0.39 is 0 Å². The zero-order chi connectivity index (χ0) is 18.8. The van der Waals surface area contributed by atoms with Crippen molar-refractivity contribution in [3.63, 3.8) is 0 Å². The lowest BCUT2D eigenvalue weighted by molar-refractivity contribution is 0.0906. The molecule has 0 bridgehead atoms. The van der Waals surface area contributed by atoms with Gasteiger partial charge in [-0.25, -0.2) is 10.4 Å². The highest BCUT2D eigenvalue weighted by molar-refractivity contribution is 5.95. The van der Waals surface area contributed by atoms with E-state index in [0.717, 1.165) is 24.8 Å². The molecule has 9 heteroatoms. The number of pyridine rings is 1. The average molecular weight is 368 g/mol. The summed E-state index contributed by atoms with van der Waals surface area (Å²) >= 11 is 0. The summed E-state index contributed by atoms with van der Waals surface area (Å²) in [5.74, 6) is 0.189. The number of methoxy groups -OCH3 is 1. The van der Waals surface area contributed by atoms with E-state index in [9.17, 15) is 10.1 Å². The first-order valence-corrected chi connectivity index (χ1v) is 8.85. The molecule has 2 aliphatic rings. The normalized spacial score (nSPS) is 26.8. The third-order valence-electron chi connectivity index (χ3n) is 5.34. The van der Waals surface area contributed by atoms with Crippen molar-refractivity contribution in [1.29, 1.82) is 5.26 Å². The largest absolute Gasteiger partial charge is 0.493 e. The summed E-state index contributed by atoms with van der Waals surface area (Å²) in [4.78, 5) is 16.9.